The highest BCUT2D eigenvalue weighted by Crippen LogP contribution is 2.39. The van der Waals surface area contributed by atoms with Gasteiger partial charge >= 0.3 is 5.97 Å². The maximum atomic E-state index is 13.0. The van der Waals surface area contributed by atoms with Crippen LogP contribution in [-0.4, -0.2) is 53.2 Å². The standard InChI is InChI=1S/C23H29N5O4/c1-4-17-21(29)27(2)18-13-25-23(26-20(18)28(17)16-7-5-6-8-16)24-12-15-10-9-14(22(30)31)11-19(15)32-3/h9-11,13,16-17H,4-8,12H2,1-3H3,(H,30,31)(H,24,25,26)/t17-/m1/s1. The average Bonchev–Trinajstić information content (AvgIpc) is 3.33. The van der Waals surface area contributed by atoms with E-state index < -0.39 is 5.97 Å². The number of nitrogens with one attached hydrogen (secondary N) is 1. The first-order valence-electron chi connectivity index (χ1n) is 11.0. The zero-order valence-corrected chi connectivity index (χ0v) is 18.7. The summed E-state index contributed by atoms with van der Waals surface area (Å²) in [7, 11) is 3.29. The summed E-state index contributed by atoms with van der Waals surface area (Å²) in [6.45, 7) is 2.41. The van der Waals surface area contributed by atoms with Gasteiger partial charge in [-0.2, -0.15) is 4.98 Å². The molecule has 1 atom stereocenters. The monoisotopic (exact) mass is 439 g/mol. The van der Waals surface area contributed by atoms with Gasteiger partial charge in [-0.1, -0.05) is 25.8 Å². The molecule has 9 heteroatoms. The van der Waals surface area contributed by atoms with Gasteiger partial charge in [-0.3, -0.25) is 4.79 Å². The van der Waals surface area contributed by atoms with Crippen LogP contribution in [0.5, 0.6) is 5.75 Å². The SMILES string of the molecule is CC[C@@H]1C(=O)N(C)c2cnc(NCc3ccc(C(=O)O)cc3OC)nc2N1C1CCCC1. The van der Waals surface area contributed by atoms with Crippen LogP contribution in [0.3, 0.4) is 0 Å². The van der Waals surface area contributed by atoms with Crippen LogP contribution < -0.4 is 19.9 Å². The number of likely N-dealkylation sites (N-methyl/N-ethyl adjacent to an activating group) is 1. The van der Waals surface area contributed by atoms with Crippen LogP contribution in [0.15, 0.2) is 24.4 Å². The van der Waals surface area contributed by atoms with E-state index in [0.29, 0.717) is 24.3 Å². The van der Waals surface area contributed by atoms with Crippen LogP contribution in [0.1, 0.15) is 54.9 Å². The molecule has 0 spiro atoms. The topological polar surface area (TPSA) is 108 Å². The molecule has 0 radical (unpaired) electrons. The minimum Gasteiger partial charge on any atom is -0.496 e. The van der Waals surface area contributed by atoms with Crippen LogP contribution in [0.2, 0.25) is 0 Å². The number of anilines is 3. The summed E-state index contributed by atoms with van der Waals surface area (Å²) in [5, 5.41) is 12.4. The quantitative estimate of drug-likeness (QED) is 0.677. The predicted octanol–water partition coefficient (Wildman–Crippen LogP) is 3.30. The molecule has 1 aromatic heterocycles. The first-order valence-corrected chi connectivity index (χ1v) is 11.0. The van der Waals surface area contributed by atoms with Crippen LogP contribution in [0.4, 0.5) is 17.5 Å². The number of nitrogens with zero attached hydrogens (tertiary/aromatic N) is 4. The Labute approximate surface area is 187 Å². The van der Waals surface area contributed by atoms with Crippen molar-refractivity contribution >= 4 is 29.3 Å². The van der Waals surface area contributed by atoms with Crippen molar-refractivity contribution in [2.24, 2.45) is 0 Å². The summed E-state index contributed by atoms with van der Waals surface area (Å²) in [5.41, 5.74) is 1.69. The highest BCUT2D eigenvalue weighted by atomic mass is 16.5. The molecular formula is C23H29N5O4. The molecule has 1 aliphatic heterocycles. The number of methoxy groups -OCH3 is 1. The number of hydrogen-bond acceptors (Lipinski definition) is 7. The minimum absolute atomic E-state index is 0.0828. The van der Waals surface area contributed by atoms with Crippen LogP contribution in [0.25, 0.3) is 0 Å². The molecule has 0 saturated heterocycles. The fraction of sp³-hybridized carbons (Fsp3) is 0.478. The third kappa shape index (κ3) is 3.94. The summed E-state index contributed by atoms with van der Waals surface area (Å²) in [5.74, 6) is 0.806. The summed E-state index contributed by atoms with van der Waals surface area (Å²) in [4.78, 5) is 37.3. The molecule has 4 rings (SSSR count). The molecule has 0 unspecified atom stereocenters. The summed E-state index contributed by atoms with van der Waals surface area (Å²) < 4.78 is 5.36. The van der Waals surface area contributed by atoms with Crippen molar-refractivity contribution in [3.8, 4) is 5.75 Å². The molecule has 1 aliphatic carbocycles. The van der Waals surface area contributed by atoms with Gasteiger partial charge in [0.15, 0.2) is 5.82 Å². The van der Waals surface area contributed by atoms with E-state index in [0.717, 1.165) is 36.3 Å². The normalized spacial score (nSPS) is 18.6. The highest BCUT2D eigenvalue weighted by Gasteiger charge is 2.41. The molecule has 32 heavy (non-hydrogen) atoms. The Morgan fingerprint density at radius 2 is 2.06 bits per heavy atom. The molecule has 170 valence electrons. The van der Waals surface area contributed by atoms with Gasteiger partial charge in [-0.25, -0.2) is 9.78 Å². The van der Waals surface area contributed by atoms with Crippen molar-refractivity contribution in [1.29, 1.82) is 0 Å². The van der Waals surface area contributed by atoms with E-state index in [-0.39, 0.29) is 17.5 Å². The maximum Gasteiger partial charge on any atom is 0.335 e. The van der Waals surface area contributed by atoms with Crippen molar-refractivity contribution in [3.63, 3.8) is 0 Å². The first kappa shape index (κ1) is 21.9. The largest absolute Gasteiger partial charge is 0.496 e. The molecule has 2 aliphatic rings. The van der Waals surface area contributed by atoms with E-state index in [1.807, 2.05) is 6.92 Å². The maximum absolute atomic E-state index is 13.0. The number of rotatable bonds is 7. The number of carboxylic acids is 1. The van der Waals surface area contributed by atoms with Gasteiger partial charge in [-0.15, -0.1) is 0 Å². The Balaban J connectivity index is 1.62. The van der Waals surface area contributed by atoms with Crippen molar-refractivity contribution in [3.05, 3.63) is 35.5 Å². The van der Waals surface area contributed by atoms with Gasteiger partial charge in [0, 0.05) is 25.2 Å². The van der Waals surface area contributed by atoms with E-state index in [9.17, 15) is 14.7 Å². The molecule has 1 fully saturated rings. The third-order valence-electron chi connectivity index (χ3n) is 6.38. The fourth-order valence-corrected chi connectivity index (χ4v) is 4.67. The number of aromatic nitrogens is 2. The van der Waals surface area contributed by atoms with E-state index in [2.05, 4.69) is 15.2 Å². The molecule has 9 nitrogen and oxygen atoms in total. The number of benzene rings is 1. The Morgan fingerprint density at radius 3 is 2.72 bits per heavy atom. The van der Waals surface area contributed by atoms with E-state index in [4.69, 9.17) is 9.72 Å². The molecule has 2 N–H and O–H groups in total. The van der Waals surface area contributed by atoms with Crippen molar-refractivity contribution < 1.29 is 19.4 Å². The first-order chi connectivity index (χ1) is 15.4. The number of hydrogen-bond donors (Lipinski definition) is 2. The Hall–Kier alpha value is -3.36. The van der Waals surface area contributed by atoms with Gasteiger partial charge < -0.3 is 25.0 Å². The number of aromatic carboxylic acids is 1. The Morgan fingerprint density at radius 1 is 1.31 bits per heavy atom. The number of carbonyl (C=O) groups is 2. The number of carboxylic acid groups (broad SMARTS) is 1. The summed E-state index contributed by atoms with van der Waals surface area (Å²) in [6.07, 6.45) is 6.87. The number of ether oxygens (including phenoxy) is 1. The number of amides is 1. The summed E-state index contributed by atoms with van der Waals surface area (Å²) in [6, 6.07) is 4.85. The van der Waals surface area contributed by atoms with Gasteiger partial charge in [0.05, 0.1) is 18.9 Å². The average molecular weight is 440 g/mol. The van der Waals surface area contributed by atoms with Gasteiger partial charge in [-0.05, 0) is 31.4 Å². The molecule has 1 amide bonds. The van der Waals surface area contributed by atoms with E-state index >= 15 is 0 Å². The van der Waals surface area contributed by atoms with Crippen LogP contribution >= 0.6 is 0 Å². The second-order valence-corrected chi connectivity index (χ2v) is 8.25. The number of fused-ring (bicyclic) bond motifs is 1. The van der Waals surface area contributed by atoms with Crippen molar-refractivity contribution in [2.75, 3.05) is 29.3 Å². The Kier molecular flexibility index (Phi) is 6.16. The van der Waals surface area contributed by atoms with Crippen molar-refractivity contribution in [1.82, 2.24) is 9.97 Å². The van der Waals surface area contributed by atoms with Gasteiger partial charge in [0.1, 0.15) is 17.5 Å². The fourth-order valence-electron chi connectivity index (χ4n) is 4.67. The Bertz CT molecular complexity index is 1020. The molecule has 1 aromatic carbocycles. The second-order valence-electron chi connectivity index (χ2n) is 8.25. The third-order valence-corrected chi connectivity index (χ3v) is 6.38. The van der Waals surface area contributed by atoms with E-state index in [1.54, 1.807) is 30.3 Å². The van der Waals surface area contributed by atoms with Crippen molar-refractivity contribution in [2.45, 2.75) is 57.7 Å². The molecule has 0 bridgehead atoms. The van der Waals surface area contributed by atoms with Crippen LogP contribution in [-0.2, 0) is 11.3 Å². The lowest BCUT2D eigenvalue weighted by Crippen LogP contribution is -2.55. The minimum atomic E-state index is -1.00. The predicted molar refractivity (Wildman–Crippen MR) is 122 cm³/mol. The zero-order valence-electron chi connectivity index (χ0n) is 18.7. The molecule has 1 saturated carbocycles. The second kappa shape index (κ2) is 9.02. The van der Waals surface area contributed by atoms with E-state index in [1.165, 1.54) is 26.0 Å². The van der Waals surface area contributed by atoms with Gasteiger partial charge in [0.2, 0.25) is 11.9 Å². The number of carbonyl (C=O) groups excluding carboxylic acids is 1. The molecule has 2 aromatic rings. The summed E-state index contributed by atoms with van der Waals surface area (Å²) >= 11 is 0. The molecule has 2 heterocycles. The smallest absolute Gasteiger partial charge is 0.335 e. The van der Waals surface area contributed by atoms with Crippen LogP contribution in [0, 0.1) is 0 Å². The van der Waals surface area contributed by atoms with Gasteiger partial charge in [0.25, 0.3) is 0 Å². The highest BCUT2D eigenvalue weighted by molar-refractivity contribution is 6.04. The zero-order chi connectivity index (χ0) is 22.8. The molecular weight excluding hydrogens is 410 g/mol. The lowest BCUT2D eigenvalue weighted by atomic mass is 10.0. The lowest BCUT2D eigenvalue weighted by Gasteiger charge is -2.43. The lowest BCUT2D eigenvalue weighted by molar-refractivity contribution is -0.120.